The molecule has 17 heavy (non-hydrogen) atoms. The van der Waals surface area contributed by atoms with E-state index in [1.54, 1.807) is 6.07 Å². The van der Waals surface area contributed by atoms with Gasteiger partial charge in [-0.05, 0) is 19.1 Å². The maximum absolute atomic E-state index is 11.5. The third-order valence-corrected chi connectivity index (χ3v) is 4.58. The highest BCUT2D eigenvalue weighted by molar-refractivity contribution is 7.91. The van der Waals surface area contributed by atoms with Gasteiger partial charge in [-0.2, -0.15) is 0 Å². The molecule has 0 amide bonds. The van der Waals surface area contributed by atoms with Crippen LogP contribution in [0, 0.1) is 0 Å². The molecule has 1 aliphatic rings. The lowest BCUT2D eigenvalue weighted by atomic mass is 10.1. The van der Waals surface area contributed by atoms with Gasteiger partial charge < -0.3 is 4.90 Å². The molecule has 92 valence electrons. The van der Waals surface area contributed by atoms with Crippen LogP contribution in [-0.4, -0.2) is 38.8 Å². The van der Waals surface area contributed by atoms with Crippen molar-refractivity contribution < 1.29 is 13.2 Å². The number of Topliss-reactive ketones (excluding diaryl/α,β-unsaturated/α-hetero) is 1. The SMILES string of the molecule is CC(=O)c1ccccc1N1CCS(=O)(=O)CC1. The van der Waals surface area contributed by atoms with Gasteiger partial charge in [-0.3, -0.25) is 4.79 Å². The van der Waals surface area contributed by atoms with Crippen molar-refractivity contribution in [3.05, 3.63) is 29.8 Å². The summed E-state index contributed by atoms with van der Waals surface area (Å²) in [4.78, 5) is 13.5. The Balaban J connectivity index is 2.27. The van der Waals surface area contributed by atoms with Gasteiger partial charge in [-0.1, -0.05) is 12.1 Å². The Morgan fingerprint density at radius 2 is 1.76 bits per heavy atom. The molecule has 0 atom stereocenters. The number of carbonyl (C=O) groups is 1. The molecule has 1 heterocycles. The Bertz CT molecular complexity index is 522. The zero-order chi connectivity index (χ0) is 12.5. The zero-order valence-electron chi connectivity index (χ0n) is 9.72. The van der Waals surface area contributed by atoms with Crippen LogP contribution in [0.25, 0.3) is 0 Å². The zero-order valence-corrected chi connectivity index (χ0v) is 10.5. The van der Waals surface area contributed by atoms with E-state index >= 15 is 0 Å². The number of hydrogen-bond donors (Lipinski definition) is 0. The van der Waals surface area contributed by atoms with Gasteiger partial charge in [-0.25, -0.2) is 8.42 Å². The number of rotatable bonds is 2. The van der Waals surface area contributed by atoms with Gasteiger partial charge in [-0.15, -0.1) is 0 Å². The molecule has 1 fully saturated rings. The van der Waals surface area contributed by atoms with Crippen molar-refractivity contribution in [1.29, 1.82) is 0 Å². The van der Waals surface area contributed by atoms with Crippen LogP contribution in [0.5, 0.6) is 0 Å². The molecule has 5 heteroatoms. The van der Waals surface area contributed by atoms with Crippen LogP contribution in [-0.2, 0) is 9.84 Å². The first kappa shape index (κ1) is 12.1. The van der Waals surface area contributed by atoms with Crippen molar-refractivity contribution in [3.63, 3.8) is 0 Å². The number of anilines is 1. The highest BCUT2D eigenvalue weighted by Gasteiger charge is 2.23. The molecular weight excluding hydrogens is 238 g/mol. The summed E-state index contributed by atoms with van der Waals surface area (Å²) in [5.41, 5.74) is 1.50. The molecule has 1 saturated heterocycles. The molecule has 1 aromatic carbocycles. The van der Waals surface area contributed by atoms with Crippen molar-refractivity contribution in [2.45, 2.75) is 6.92 Å². The van der Waals surface area contributed by atoms with Crippen molar-refractivity contribution >= 4 is 21.3 Å². The van der Waals surface area contributed by atoms with Gasteiger partial charge in [0.15, 0.2) is 15.6 Å². The fraction of sp³-hybridized carbons (Fsp3) is 0.417. The van der Waals surface area contributed by atoms with Crippen molar-refractivity contribution in [2.75, 3.05) is 29.5 Å². The summed E-state index contributed by atoms with van der Waals surface area (Å²) in [6, 6.07) is 7.33. The van der Waals surface area contributed by atoms with Crippen LogP contribution in [0.15, 0.2) is 24.3 Å². The monoisotopic (exact) mass is 253 g/mol. The number of hydrogen-bond acceptors (Lipinski definition) is 4. The molecule has 0 saturated carbocycles. The van der Waals surface area contributed by atoms with Gasteiger partial charge in [0.25, 0.3) is 0 Å². The second-order valence-corrected chi connectivity index (χ2v) is 6.52. The number of nitrogens with zero attached hydrogens (tertiary/aromatic N) is 1. The normalized spacial score (nSPS) is 19.0. The van der Waals surface area contributed by atoms with E-state index in [9.17, 15) is 13.2 Å². The Kier molecular flexibility index (Phi) is 3.19. The smallest absolute Gasteiger partial charge is 0.161 e. The highest BCUT2D eigenvalue weighted by Crippen LogP contribution is 2.22. The summed E-state index contributed by atoms with van der Waals surface area (Å²) >= 11 is 0. The second-order valence-electron chi connectivity index (χ2n) is 4.21. The van der Waals surface area contributed by atoms with E-state index in [0.29, 0.717) is 18.7 Å². The number of ketones is 1. The molecular formula is C12H15NO3S. The van der Waals surface area contributed by atoms with E-state index in [1.165, 1.54) is 6.92 Å². The first-order valence-electron chi connectivity index (χ1n) is 5.55. The van der Waals surface area contributed by atoms with E-state index in [0.717, 1.165) is 5.69 Å². The molecule has 0 aliphatic carbocycles. The summed E-state index contributed by atoms with van der Waals surface area (Å²) < 4.78 is 22.7. The minimum atomic E-state index is -2.88. The lowest BCUT2D eigenvalue weighted by Gasteiger charge is -2.30. The van der Waals surface area contributed by atoms with E-state index in [4.69, 9.17) is 0 Å². The average Bonchev–Trinajstić information content (AvgIpc) is 2.29. The van der Waals surface area contributed by atoms with Crippen molar-refractivity contribution in [3.8, 4) is 0 Å². The molecule has 1 aromatic rings. The summed E-state index contributed by atoms with van der Waals surface area (Å²) in [5, 5.41) is 0. The second kappa shape index (κ2) is 4.49. The molecule has 1 aliphatic heterocycles. The largest absolute Gasteiger partial charge is 0.369 e. The Morgan fingerprint density at radius 1 is 1.18 bits per heavy atom. The summed E-state index contributed by atoms with van der Waals surface area (Å²) in [7, 11) is -2.88. The summed E-state index contributed by atoms with van der Waals surface area (Å²) in [6.45, 7) is 2.46. The lowest BCUT2D eigenvalue weighted by Crippen LogP contribution is -2.40. The third-order valence-electron chi connectivity index (χ3n) is 2.97. The molecule has 0 aromatic heterocycles. The first-order valence-corrected chi connectivity index (χ1v) is 7.37. The predicted octanol–water partition coefficient (Wildman–Crippen LogP) is 1.12. The fourth-order valence-corrected chi connectivity index (χ4v) is 3.20. The van der Waals surface area contributed by atoms with E-state index in [-0.39, 0.29) is 17.3 Å². The molecule has 4 nitrogen and oxygen atoms in total. The third kappa shape index (κ3) is 2.66. The number of sulfone groups is 1. The lowest BCUT2D eigenvalue weighted by molar-refractivity contribution is 0.101. The fourth-order valence-electron chi connectivity index (χ4n) is 2.00. The van der Waals surface area contributed by atoms with Crippen molar-refractivity contribution in [1.82, 2.24) is 0 Å². The van der Waals surface area contributed by atoms with Crippen LogP contribution in [0.2, 0.25) is 0 Å². The van der Waals surface area contributed by atoms with Crippen LogP contribution in [0.4, 0.5) is 5.69 Å². The summed E-state index contributed by atoms with van der Waals surface area (Å²) in [6.07, 6.45) is 0. The van der Waals surface area contributed by atoms with E-state index in [1.807, 2.05) is 23.1 Å². The van der Waals surface area contributed by atoms with Gasteiger partial charge in [0.1, 0.15) is 0 Å². The van der Waals surface area contributed by atoms with Crippen molar-refractivity contribution in [2.24, 2.45) is 0 Å². The number of carbonyl (C=O) groups excluding carboxylic acids is 1. The number of benzene rings is 1. The number of para-hydroxylation sites is 1. The summed E-state index contributed by atoms with van der Waals surface area (Å²) in [5.74, 6) is 0.340. The van der Waals surface area contributed by atoms with Gasteiger partial charge in [0, 0.05) is 24.3 Å². The van der Waals surface area contributed by atoms with Crippen LogP contribution in [0.1, 0.15) is 17.3 Å². The molecule has 0 unspecified atom stereocenters. The predicted molar refractivity (Wildman–Crippen MR) is 67.3 cm³/mol. The van der Waals surface area contributed by atoms with E-state index < -0.39 is 9.84 Å². The Labute approximate surface area is 101 Å². The minimum absolute atomic E-state index is 0.00836. The van der Waals surface area contributed by atoms with Gasteiger partial charge in [0.05, 0.1) is 11.5 Å². The Morgan fingerprint density at radius 3 is 2.35 bits per heavy atom. The van der Waals surface area contributed by atoms with Gasteiger partial charge in [0.2, 0.25) is 0 Å². The average molecular weight is 253 g/mol. The maximum atomic E-state index is 11.5. The van der Waals surface area contributed by atoms with Crippen LogP contribution < -0.4 is 4.90 Å². The quantitative estimate of drug-likeness (QED) is 0.741. The van der Waals surface area contributed by atoms with Crippen LogP contribution in [0.3, 0.4) is 0 Å². The molecule has 0 N–H and O–H groups in total. The standard InChI is InChI=1S/C12H15NO3S/c1-10(14)11-4-2-3-5-12(11)13-6-8-17(15,16)9-7-13/h2-5H,6-9H2,1H3. The van der Waals surface area contributed by atoms with Gasteiger partial charge >= 0.3 is 0 Å². The Hall–Kier alpha value is -1.36. The topological polar surface area (TPSA) is 54.5 Å². The van der Waals surface area contributed by atoms with E-state index in [2.05, 4.69) is 0 Å². The first-order chi connectivity index (χ1) is 7.99. The molecule has 0 spiro atoms. The molecule has 0 bridgehead atoms. The highest BCUT2D eigenvalue weighted by atomic mass is 32.2. The molecule has 2 rings (SSSR count). The molecule has 0 radical (unpaired) electrons. The maximum Gasteiger partial charge on any atom is 0.161 e. The van der Waals surface area contributed by atoms with Crippen LogP contribution >= 0.6 is 0 Å². The minimum Gasteiger partial charge on any atom is -0.369 e.